The van der Waals surface area contributed by atoms with Gasteiger partial charge in [0.1, 0.15) is 0 Å². The molecule has 0 bridgehead atoms. The number of rotatable bonds is 3. The lowest BCUT2D eigenvalue weighted by Gasteiger charge is -2.04. The maximum absolute atomic E-state index is 10.2. The van der Waals surface area contributed by atoms with Gasteiger partial charge in [0.25, 0.3) is 0 Å². The fraction of sp³-hybridized carbons (Fsp3) is 0.143. The number of halogens is 1. The molecule has 5 heteroatoms. The SMILES string of the molecule is COc1ccc(Br)cc1O[SH]=O. The molecule has 0 atom stereocenters. The fourth-order valence-corrected chi connectivity index (χ4v) is 1.33. The van der Waals surface area contributed by atoms with E-state index in [0.29, 0.717) is 11.5 Å². The predicted molar refractivity (Wildman–Crippen MR) is 50.9 cm³/mol. The minimum absolute atomic E-state index is 0.389. The van der Waals surface area contributed by atoms with Crippen LogP contribution in [0, 0.1) is 0 Å². The Balaban J connectivity index is 3.03. The van der Waals surface area contributed by atoms with Crippen LogP contribution in [0.25, 0.3) is 0 Å². The number of ether oxygens (including phenoxy) is 1. The number of thiol groups is 1. The molecule has 0 N–H and O–H groups in total. The maximum atomic E-state index is 10.2. The van der Waals surface area contributed by atoms with Gasteiger partial charge >= 0.3 is 0 Å². The van der Waals surface area contributed by atoms with Crippen molar-refractivity contribution in [2.24, 2.45) is 0 Å². The van der Waals surface area contributed by atoms with Gasteiger partial charge in [0.05, 0.1) is 7.11 Å². The molecule has 0 saturated carbocycles. The topological polar surface area (TPSA) is 35.5 Å². The van der Waals surface area contributed by atoms with E-state index in [9.17, 15) is 4.21 Å². The molecule has 66 valence electrons. The van der Waals surface area contributed by atoms with E-state index in [1.54, 1.807) is 12.1 Å². The minimum Gasteiger partial charge on any atom is -0.493 e. The third-order valence-corrected chi connectivity index (χ3v) is 2.03. The van der Waals surface area contributed by atoms with E-state index in [1.807, 2.05) is 6.07 Å². The van der Waals surface area contributed by atoms with Crippen LogP contribution in [-0.4, -0.2) is 11.3 Å². The Labute approximate surface area is 82.5 Å². The zero-order chi connectivity index (χ0) is 8.97. The van der Waals surface area contributed by atoms with E-state index in [-0.39, 0.29) is 11.9 Å². The van der Waals surface area contributed by atoms with Gasteiger partial charge < -0.3 is 8.92 Å². The highest BCUT2D eigenvalue weighted by atomic mass is 79.9. The first-order chi connectivity index (χ1) is 5.77. The van der Waals surface area contributed by atoms with Crippen LogP contribution in [0.3, 0.4) is 0 Å². The summed E-state index contributed by atoms with van der Waals surface area (Å²) < 4.78 is 20.7. The molecule has 1 rings (SSSR count). The van der Waals surface area contributed by atoms with Crippen molar-refractivity contribution in [3.05, 3.63) is 22.7 Å². The summed E-state index contributed by atoms with van der Waals surface area (Å²) in [7, 11) is 1.53. The summed E-state index contributed by atoms with van der Waals surface area (Å²) in [4.78, 5) is 0. The summed E-state index contributed by atoms with van der Waals surface area (Å²) in [6.07, 6.45) is 0. The standard InChI is InChI=1S/C7H7BrO3S/c1-10-6-3-2-5(8)4-7(6)11-12-9/h2-4,12H,1H3. The first kappa shape index (κ1) is 9.54. The van der Waals surface area contributed by atoms with E-state index in [4.69, 9.17) is 8.92 Å². The molecule has 1 aromatic carbocycles. The van der Waals surface area contributed by atoms with E-state index in [0.717, 1.165) is 4.47 Å². The van der Waals surface area contributed by atoms with Crippen molar-refractivity contribution >= 4 is 27.9 Å². The maximum Gasteiger partial charge on any atom is 0.193 e. The molecule has 0 unspecified atom stereocenters. The molecule has 3 nitrogen and oxygen atoms in total. The number of hydrogen-bond acceptors (Lipinski definition) is 3. The molecule has 0 aliphatic rings. The quantitative estimate of drug-likeness (QED) is 0.830. The Kier molecular flexibility index (Phi) is 3.55. The van der Waals surface area contributed by atoms with Gasteiger partial charge in [0.2, 0.25) is 0 Å². The van der Waals surface area contributed by atoms with Crippen LogP contribution in [0.5, 0.6) is 11.5 Å². The molecule has 0 aliphatic heterocycles. The number of benzene rings is 1. The lowest BCUT2D eigenvalue weighted by molar-refractivity contribution is 0.398. The van der Waals surface area contributed by atoms with E-state index < -0.39 is 0 Å². The van der Waals surface area contributed by atoms with Crippen molar-refractivity contribution in [3.8, 4) is 11.5 Å². The Morgan fingerprint density at radius 3 is 2.75 bits per heavy atom. The highest BCUT2D eigenvalue weighted by Gasteiger charge is 2.03. The third kappa shape index (κ3) is 2.22. The smallest absolute Gasteiger partial charge is 0.193 e. The Morgan fingerprint density at radius 1 is 1.42 bits per heavy atom. The Bertz CT molecular complexity index is 290. The molecule has 0 radical (unpaired) electrons. The van der Waals surface area contributed by atoms with Crippen LogP contribution in [0.1, 0.15) is 0 Å². The molecule has 0 fully saturated rings. The predicted octanol–water partition coefficient (Wildman–Crippen LogP) is 1.70. The normalized spacial score (nSPS) is 9.50. The van der Waals surface area contributed by atoms with E-state index in [2.05, 4.69) is 15.9 Å². The van der Waals surface area contributed by atoms with Crippen LogP contribution in [0.2, 0.25) is 0 Å². The molecule has 1 aromatic rings. The molecular weight excluding hydrogens is 244 g/mol. The summed E-state index contributed by atoms with van der Waals surface area (Å²) in [6, 6.07) is 5.22. The monoisotopic (exact) mass is 250 g/mol. The van der Waals surface area contributed by atoms with Gasteiger partial charge in [-0.2, -0.15) is 0 Å². The molecular formula is C7H7BrO3S. The van der Waals surface area contributed by atoms with Crippen LogP contribution in [0.15, 0.2) is 22.7 Å². The molecule has 0 aliphatic carbocycles. The number of methoxy groups -OCH3 is 1. The summed E-state index contributed by atoms with van der Waals surface area (Å²) in [5.74, 6) is 1.00. The minimum atomic E-state index is -0.389. The molecule has 12 heavy (non-hydrogen) atoms. The molecule has 0 amide bonds. The van der Waals surface area contributed by atoms with Crippen LogP contribution in [-0.2, 0) is 11.9 Å². The van der Waals surface area contributed by atoms with E-state index >= 15 is 0 Å². The summed E-state index contributed by atoms with van der Waals surface area (Å²) >= 11 is 2.87. The fourth-order valence-electron chi connectivity index (χ4n) is 0.762. The van der Waals surface area contributed by atoms with Crippen molar-refractivity contribution in [3.63, 3.8) is 0 Å². The van der Waals surface area contributed by atoms with Gasteiger partial charge in [-0.15, -0.1) is 0 Å². The van der Waals surface area contributed by atoms with Crippen molar-refractivity contribution in [2.75, 3.05) is 7.11 Å². The highest BCUT2D eigenvalue weighted by molar-refractivity contribution is 9.10. The molecule has 0 heterocycles. The highest BCUT2D eigenvalue weighted by Crippen LogP contribution is 2.29. The second kappa shape index (κ2) is 4.47. The van der Waals surface area contributed by atoms with Crippen LogP contribution in [0.4, 0.5) is 0 Å². The van der Waals surface area contributed by atoms with Gasteiger partial charge in [-0.3, -0.25) is 0 Å². The Morgan fingerprint density at radius 2 is 2.17 bits per heavy atom. The number of hydrogen-bond donors (Lipinski definition) is 1. The summed E-state index contributed by atoms with van der Waals surface area (Å²) in [6.45, 7) is 0. The molecule has 0 saturated heterocycles. The van der Waals surface area contributed by atoms with Crippen LogP contribution >= 0.6 is 15.9 Å². The first-order valence-electron chi connectivity index (χ1n) is 3.11. The lowest BCUT2D eigenvalue weighted by atomic mass is 10.3. The van der Waals surface area contributed by atoms with Gasteiger partial charge in [-0.05, 0) is 18.2 Å². The van der Waals surface area contributed by atoms with Crippen molar-refractivity contribution in [1.29, 1.82) is 0 Å². The zero-order valence-electron chi connectivity index (χ0n) is 6.28. The zero-order valence-corrected chi connectivity index (χ0v) is 8.76. The largest absolute Gasteiger partial charge is 0.493 e. The van der Waals surface area contributed by atoms with Gasteiger partial charge in [0.15, 0.2) is 23.4 Å². The second-order valence-corrected chi connectivity index (χ2v) is 3.21. The van der Waals surface area contributed by atoms with Gasteiger partial charge in [-0.25, -0.2) is 4.21 Å². The first-order valence-corrected chi connectivity index (χ1v) is 4.63. The second-order valence-electron chi connectivity index (χ2n) is 1.96. The molecule has 0 spiro atoms. The van der Waals surface area contributed by atoms with Gasteiger partial charge in [0, 0.05) is 4.47 Å². The van der Waals surface area contributed by atoms with Crippen molar-refractivity contribution < 1.29 is 13.1 Å². The third-order valence-electron chi connectivity index (χ3n) is 1.26. The average Bonchev–Trinajstić information content (AvgIpc) is 2.05. The Hall–Kier alpha value is -0.550. The average molecular weight is 251 g/mol. The summed E-state index contributed by atoms with van der Waals surface area (Å²) in [5.41, 5.74) is 0. The van der Waals surface area contributed by atoms with Crippen LogP contribution < -0.4 is 8.92 Å². The summed E-state index contributed by atoms with van der Waals surface area (Å²) in [5, 5.41) is 0. The van der Waals surface area contributed by atoms with E-state index in [1.165, 1.54) is 7.11 Å². The van der Waals surface area contributed by atoms with Gasteiger partial charge in [-0.1, -0.05) is 15.9 Å². The lowest BCUT2D eigenvalue weighted by Crippen LogP contribution is -1.90. The van der Waals surface area contributed by atoms with Crippen molar-refractivity contribution in [2.45, 2.75) is 0 Å². The molecule has 0 aromatic heterocycles. The van der Waals surface area contributed by atoms with Crippen molar-refractivity contribution in [1.82, 2.24) is 0 Å².